The molecule has 24 heavy (non-hydrogen) atoms. The van der Waals surface area contributed by atoms with Crippen LogP contribution in [0.25, 0.3) is 0 Å². The third kappa shape index (κ3) is 3.89. The van der Waals surface area contributed by atoms with E-state index in [4.69, 9.17) is 10.5 Å². The van der Waals surface area contributed by atoms with Crippen LogP contribution in [0.5, 0.6) is 0 Å². The maximum atomic E-state index is 12.5. The average Bonchev–Trinajstić information content (AvgIpc) is 3.02. The summed E-state index contributed by atoms with van der Waals surface area (Å²) in [6, 6.07) is 6.02. The van der Waals surface area contributed by atoms with Crippen LogP contribution in [0, 0.1) is 0 Å². The highest BCUT2D eigenvalue weighted by Crippen LogP contribution is 2.21. The Hall–Kier alpha value is -1.19. The minimum absolute atomic E-state index is 0. The van der Waals surface area contributed by atoms with Crippen LogP contribution in [0.3, 0.4) is 0 Å². The first-order valence-corrected chi connectivity index (χ1v) is 9.15. The molecule has 2 aliphatic rings. The van der Waals surface area contributed by atoms with Gasteiger partial charge in [0.2, 0.25) is 10.0 Å². The van der Waals surface area contributed by atoms with E-state index in [9.17, 15) is 13.2 Å². The van der Waals surface area contributed by atoms with Crippen molar-refractivity contribution in [2.45, 2.75) is 17.4 Å². The third-order valence-electron chi connectivity index (χ3n) is 4.22. The fraction of sp³-hybridized carbons (Fsp3) is 0.533. The van der Waals surface area contributed by atoms with Crippen LogP contribution in [0.4, 0.5) is 0 Å². The van der Waals surface area contributed by atoms with Crippen LogP contribution in [0.15, 0.2) is 29.2 Å². The Balaban J connectivity index is 0.00000208. The summed E-state index contributed by atoms with van der Waals surface area (Å²) in [5.41, 5.74) is 6.27. The minimum Gasteiger partial charge on any atom is -0.378 e. The summed E-state index contributed by atoms with van der Waals surface area (Å²) in [6.45, 7) is 2.98. The first-order valence-electron chi connectivity index (χ1n) is 7.71. The largest absolute Gasteiger partial charge is 0.378 e. The van der Waals surface area contributed by atoms with Crippen molar-refractivity contribution in [2.24, 2.45) is 5.73 Å². The molecule has 0 aliphatic carbocycles. The van der Waals surface area contributed by atoms with Gasteiger partial charge in [0.1, 0.15) is 0 Å². The van der Waals surface area contributed by atoms with Gasteiger partial charge in [0.25, 0.3) is 5.91 Å². The normalized spacial score (nSPS) is 22.2. The van der Waals surface area contributed by atoms with Crippen LogP contribution in [0.2, 0.25) is 0 Å². The Morgan fingerprint density at radius 1 is 1.12 bits per heavy atom. The Bertz CT molecular complexity index is 674. The molecule has 2 saturated heterocycles. The van der Waals surface area contributed by atoms with Crippen molar-refractivity contribution >= 4 is 28.3 Å². The number of benzene rings is 1. The zero-order valence-electron chi connectivity index (χ0n) is 13.3. The highest BCUT2D eigenvalue weighted by atomic mass is 35.5. The smallest absolute Gasteiger partial charge is 0.254 e. The van der Waals surface area contributed by atoms with Gasteiger partial charge in [-0.3, -0.25) is 4.79 Å². The van der Waals surface area contributed by atoms with Crippen molar-refractivity contribution in [3.63, 3.8) is 0 Å². The number of ether oxygens (including phenoxy) is 1. The number of carbonyl (C=O) groups is 1. The van der Waals surface area contributed by atoms with Gasteiger partial charge in [-0.25, -0.2) is 8.42 Å². The van der Waals surface area contributed by atoms with Gasteiger partial charge in [-0.1, -0.05) is 0 Å². The lowest BCUT2D eigenvalue weighted by Crippen LogP contribution is -2.40. The van der Waals surface area contributed by atoms with Crippen LogP contribution in [-0.2, 0) is 14.8 Å². The third-order valence-corrected chi connectivity index (χ3v) is 6.10. The molecule has 3 rings (SSSR count). The van der Waals surface area contributed by atoms with Crippen LogP contribution >= 0.6 is 12.4 Å². The van der Waals surface area contributed by atoms with E-state index in [1.807, 2.05) is 0 Å². The standard InChI is InChI=1S/C15H21N3O4S.ClH/c16-13-5-6-18(11-13)23(20,21)14-3-1-12(2-4-14)15(19)17-7-9-22-10-8-17;/h1-4,13H,5-11,16H2;1H/t13-;/m1./s1. The number of amides is 1. The van der Waals surface area contributed by atoms with E-state index in [1.165, 1.54) is 16.4 Å². The van der Waals surface area contributed by atoms with Crippen LogP contribution in [0.1, 0.15) is 16.8 Å². The molecule has 0 saturated carbocycles. The summed E-state index contributed by atoms with van der Waals surface area (Å²) in [5.74, 6) is -0.0968. The van der Waals surface area contributed by atoms with E-state index in [0.29, 0.717) is 51.4 Å². The maximum Gasteiger partial charge on any atom is 0.254 e. The molecule has 2 heterocycles. The molecular weight excluding hydrogens is 354 g/mol. The molecule has 2 aliphatic heterocycles. The Morgan fingerprint density at radius 2 is 1.75 bits per heavy atom. The minimum atomic E-state index is -3.53. The van der Waals surface area contributed by atoms with Crippen molar-refractivity contribution in [1.82, 2.24) is 9.21 Å². The topological polar surface area (TPSA) is 92.9 Å². The fourth-order valence-electron chi connectivity index (χ4n) is 2.84. The first-order chi connectivity index (χ1) is 11.0. The highest BCUT2D eigenvalue weighted by Gasteiger charge is 2.31. The molecule has 2 N–H and O–H groups in total. The van der Waals surface area contributed by atoms with E-state index in [1.54, 1.807) is 17.0 Å². The van der Waals surface area contributed by atoms with E-state index in [-0.39, 0.29) is 29.3 Å². The number of nitrogens with zero attached hydrogens (tertiary/aromatic N) is 2. The lowest BCUT2D eigenvalue weighted by atomic mass is 10.2. The maximum absolute atomic E-state index is 12.5. The molecule has 2 fully saturated rings. The fourth-order valence-corrected chi connectivity index (χ4v) is 4.35. The predicted octanol–water partition coefficient (Wildman–Crippen LogP) is 0.302. The van der Waals surface area contributed by atoms with E-state index >= 15 is 0 Å². The molecular formula is C15H22ClN3O4S. The molecule has 0 unspecified atom stereocenters. The number of carbonyl (C=O) groups excluding carboxylic acids is 1. The monoisotopic (exact) mass is 375 g/mol. The van der Waals surface area contributed by atoms with Gasteiger partial charge in [0, 0.05) is 37.8 Å². The number of halogens is 1. The van der Waals surface area contributed by atoms with Gasteiger partial charge in [-0.05, 0) is 30.7 Å². The summed E-state index contributed by atoms with van der Waals surface area (Å²) < 4.78 is 31.7. The zero-order valence-corrected chi connectivity index (χ0v) is 14.9. The molecule has 7 nitrogen and oxygen atoms in total. The van der Waals surface area contributed by atoms with E-state index < -0.39 is 10.0 Å². The van der Waals surface area contributed by atoms with Crippen LogP contribution < -0.4 is 5.73 Å². The number of hydrogen-bond donors (Lipinski definition) is 1. The molecule has 134 valence electrons. The summed E-state index contributed by atoms with van der Waals surface area (Å²) in [4.78, 5) is 14.3. The molecule has 1 atom stereocenters. The number of nitrogens with two attached hydrogens (primary N) is 1. The molecule has 0 radical (unpaired) electrons. The summed E-state index contributed by atoms with van der Waals surface area (Å²) in [5, 5.41) is 0. The van der Waals surface area contributed by atoms with Gasteiger partial charge in [-0.2, -0.15) is 4.31 Å². The Labute approximate surface area is 148 Å². The molecule has 0 aromatic heterocycles. The van der Waals surface area contributed by atoms with Gasteiger partial charge in [-0.15, -0.1) is 12.4 Å². The molecule has 1 aromatic carbocycles. The van der Waals surface area contributed by atoms with Gasteiger partial charge < -0.3 is 15.4 Å². The van der Waals surface area contributed by atoms with Gasteiger partial charge in [0.15, 0.2) is 0 Å². The molecule has 0 spiro atoms. The van der Waals surface area contributed by atoms with Crippen molar-refractivity contribution < 1.29 is 17.9 Å². The summed E-state index contributed by atoms with van der Waals surface area (Å²) in [6.07, 6.45) is 0.673. The molecule has 1 amide bonds. The second-order valence-electron chi connectivity index (χ2n) is 5.84. The second-order valence-corrected chi connectivity index (χ2v) is 7.78. The Kier molecular flexibility index (Phi) is 6.22. The van der Waals surface area contributed by atoms with E-state index in [2.05, 4.69) is 0 Å². The molecule has 1 aromatic rings. The summed E-state index contributed by atoms with van der Waals surface area (Å²) >= 11 is 0. The van der Waals surface area contributed by atoms with E-state index in [0.717, 1.165) is 0 Å². The van der Waals surface area contributed by atoms with Gasteiger partial charge in [0.05, 0.1) is 18.1 Å². The van der Waals surface area contributed by atoms with Crippen molar-refractivity contribution in [2.75, 3.05) is 39.4 Å². The first kappa shape index (κ1) is 19.1. The summed E-state index contributed by atoms with van der Waals surface area (Å²) in [7, 11) is -3.53. The SMILES string of the molecule is Cl.N[C@@H]1CCN(S(=O)(=O)c2ccc(C(=O)N3CCOCC3)cc2)C1. The molecule has 0 bridgehead atoms. The molecule has 9 heteroatoms. The number of sulfonamides is 1. The van der Waals surface area contributed by atoms with Crippen molar-refractivity contribution in [3.05, 3.63) is 29.8 Å². The van der Waals surface area contributed by atoms with Crippen molar-refractivity contribution in [1.29, 1.82) is 0 Å². The number of morpholine rings is 1. The Morgan fingerprint density at radius 3 is 2.29 bits per heavy atom. The quantitative estimate of drug-likeness (QED) is 0.820. The average molecular weight is 376 g/mol. The lowest BCUT2D eigenvalue weighted by Gasteiger charge is -2.27. The zero-order chi connectivity index (χ0) is 16.4. The van der Waals surface area contributed by atoms with Gasteiger partial charge >= 0.3 is 0 Å². The lowest BCUT2D eigenvalue weighted by molar-refractivity contribution is 0.0303. The van der Waals surface area contributed by atoms with Crippen molar-refractivity contribution in [3.8, 4) is 0 Å². The van der Waals surface area contributed by atoms with Crippen LogP contribution in [-0.4, -0.2) is 69.0 Å². The number of rotatable bonds is 3. The highest BCUT2D eigenvalue weighted by molar-refractivity contribution is 7.89. The predicted molar refractivity (Wildman–Crippen MR) is 91.8 cm³/mol. The number of hydrogen-bond acceptors (Lipinski definition) is 5. The second kappa shape index (κ2) is 7.79.